The van der Waals surface area contributed by atoms with Crippen LogP contribution in [0.4, 0.5) is 0 Å². The molecule has 1 aliphatic carbocycles. The molecular weight excluding hydrogens is 236 g/mol. The number of phenolic OH excluding ortho intramolecular Hbond substituents is 1. The Kier molecular flexibility index (Phi) is 3.76. The minimum atomic E-state index is 0.495. The monoisotopic (exact) mass is 260 g/mol. The maximum absolute atomic E-state index is 10.0. The van der Waals surface area contributed by atoms with Gasteiger partial charge >= 0.3 is 0 Å². The second-order valence-corrected chi connectivity index (χ2v) is 5.95. The lowest BCUT2D eigenvalue weighted by molar-refractivity contribution is 0.184. The van der Waals surface area contributed by atoms with E-state index in [9.17, 15) is 5.11 Å². The molecular formula is C16H24N2O. The van der Waals surface area contributed by atoms with E-state index in [4.69, 9.17) is 0 Å². The number of aromatic hydroxyl groups is 1. The zero-order valence-electron chi connectivity index (χ0n) is 11.8. The van der Waals surface area contributed by atoms with Gasteiger partial charge in [0.25, 0.3) is 0 Å². The van der Waals surface area contributed by atoms with Crippen molar-refractivity contribution < 1.29 is 5.11 Å². The fourth-order valence-corrected chi connectivity index (χ4v) is 3.56. The van der Waals surface area contributed by atoms with Crippen LogP contribution in [0.15, 0.2) is 18.2 Å². The molecule has 1 aliphatic heterocycles. The number of fused-ring (bicyclic) bond motifs is 1. The Morgan fingerprint density at radius 3 is 2.89 bits per heavy atom. The Bertz CT molecular complexity index is 446. The first kappa shape index (κ1) is 12.9. The zero-order chi connectivity index (χ0) is 13.2. The van der Waals surface area contributed by atoms with Crippen LogP contribution in [0.25, 0.3) is 0 Å². The molecule has 1 atom stereocenters. The van der Waals surface area contributed by atoms with Gasteiger partial charge in [-0.1, -0.05) is 12.1 Å². The van der Waals surface area contributed by atoms with Crippen molar-refractivity contribution in [3.8, 4) is 5.75 Å². The molecule has 0 spiro atoms. The fourth-order valence-electron chi connectivity index (χ4n) is 3.56. The summed E-state index contributed by atoms with van der Waals surface area (Å²) in [5.41, 5.74) is 2.56. The molecule has 1 aromatic carbocycles. The summed E-state index contributed by atoms with van der Waals surface area (Å²) >= 11 is 0. The van der Waals surface area contributed by atoms with Gasteiger partial charge < -0.3 is 10.0 Å². The highest BCUT2D eigenvalue weighted by atomic mass is 16.3. The van der Waals surface area contributed by atoms with Crippen LogP contribution in [0.2, 0.25) is 0 Å². The molecule has 0 saturated carbocycles. The van der Waals surface area contributed by atoms with Gasteiger partial charge in [-0.05, 0) is 56.5 Å². The van der Waals surface area contributed by atoms with E-state index < -0.39 is 0 Å². The molecule has 3 nitrogen and oxygen atoms in total. The SMILES string of the molecule is CN1CCCN(C2CCCc3c(O)cccc32)CC1. The van der Waals surface area contributed by atoms with Gasteiger partial charge in [-0.3, -0.25) is 4.90 Å². The lowest BCUT2D eigenvalue weighted by Gasteiger charge is -2.35. The molecule has 0 bridgehead atoms. The summed E-state index contributed by atoms with van der Waals surface area (Å²) in [6, 6.07) is 6.56. The van der Waals surface area contributed by atoms with E-state index in [-0.39, 0.29) is 0 Å². The largest absolute Gasteiger partial charge is 0.508 e. The minimum Gasteiger partial charge on any atom is -0.508 e. The smallest absolute Gasteiger partial charge is 0.119 e. The molecule has 1 heterocycles. The quantitative estimate of drug-likeness (QED) is 0.840. The molecule has 1 N–H and O–H groups in total. The maximum Gasteiger partial charge on any atom is 0.119 e. The average molecular weight is 260 g/mol. The number of rotatable bonds is 1. The molecule has 1 saturated heterocycles. The van der Waals surface area contributed by atoms with Crippen molar-refractivity contribution in [2.45, 2.75) is 31.7 Å². The Balaban J connectivity index is 1.85. The summed E-state index contributed by atoms with van der Waals surface area (Å²) in [7, 11) is 2.21. The van der Waals surface area contributed by atoms with E-state index in [0.717, 1.165) is 19.5 Å². The molecule has 2 aliphatic rings. The van der Waals surface area contributed by atoms with E-state index in [1.54, 1.807) is 0 Å². The van der Waals surface area contributed by atoms with Crippen LogP contribution in [-0.2, 0) is 6.42 Å². The molecule has 1 fully saturated rings. The van der Waals surface area contributed by atoms with Crippen molar-refractivity contribution in [2.75, 3.05) is 33.2 Å². The molecule has 0 aromatic heterocycles. The fraction of sp³-hybridized carbons (Fsp3) is 0.625. The van der Waals surface area contributed by atoms with Gasteiger partial charge in [0, 0.05) is 25.7 Å². The number of nitrogens with zero attached hydrogens (tertiary/aromatic N) is 2. The van der Waals surface area contributed by atoms with Gasteiger partial charge in [0.05, 0.1) is 0 Å². The van der Waals surface area contributed by atoms with E-state index in [1.807, 2.05) is 12.1 Å². The maximum atomic E-state index is 10.0. The van der Waals surface area contributed by atoms with E-state index in [0.29, 0.717) is 11.8 Å². The molecule has 104 valence electrons. The summed E-state index contributed by atoms with van der Waals surface area (Å²) in [4.78, 5) is 5.05. The lowest BCUT2D eigenvalue weighted by atomic mass is 9.86. The van der Waals surface area contributed by atoms with Crippen LogP contribution in [0.5, 0.6) is 5.75 Å². The first-order chi connectivity index (χ1) is 9.25. The molecule has 19 heavy (non-hydrogen) atoms. The zero-order valence-corrected chi connectivity index (χ0v) is 11.8. The number of benzene rings is 1. The van der Waals surface area contributed by atoms with Crippen LogP contribution in [0.1, 0.15) is 36.4 Å². The van der Waals surface area contributed by atoms with Crippen LogP contribution < -0.4 is 0 Å². The second kappa shape index (κ2) is 5.51. The highest BCUT2D eigenvalue weighted by Crippen LogP contribution is 2.38. The molecule has 3 rings (SSSR count). The van der Waals surface area contributed by atoms with Crippen molar-refractivity contribution in [3.63, 3.8) is 0 Å². The first-order valence-corrected chi connectivity index (χ1v) is 7.49. The third-order valence-electron chi connectivity index (χ3n) is 4.65. The van der Waals surface area contributed by atoms with Gasteiger partial charge in [-0.25, -0.2) is 0 Å². The topological polar surface area (TPSA) is 26.7 Å². The minimum absolute atomic E-state index is 0.495. The Hall–Kier alpha value is -1.06. The number of hydrogen-bond acceptors (Lipinski definition) is 3. The first-order valence-electron chi connectivity index (χ1n) is 7.49. The normalized spacial score (nSPS) is 25.8. The van der Waals surface area contributed by atoms with Crippen LogP contribution in [-0.4, -0.2) is 48.1 Å². The van der Waals surface area contributed by atoms with Crippen molar-refractivity contribution in [1.29, 1.82) is 0 Å². The molecule has 3 heteroatoms. The Morgan fingerprint density at radius 2 is 2.00 bits per heavy atom. The van der Waals surface area contributed by atoms with Crippen molar-refractivity contribution >= 4 is 0 Å². The van der Waals surface area contributed by atoms with E-state index in [2.05, 4.69) is 22.9 Å². The third-order valence-corrected chi connectivity index (χ3v) is 4.65. The summed E-state index contributed by atoms with van der Waals surface area (Å²) in [5.74, 6) is 0.495. The van der Waals surface area contributed by atoms with Gasteiger partial charge in [-0.2, -0.15) is 0 Å². The van der Waals surface area contributed by atoms with Gasteiger partial charge in [0.2, 0.25) is 0 Å². The Labute approximate surface area is 115 Å². The van der Waals surface area contributed by atoms with Crippen molar-refractivity contribution in [2.24, 2.45) is 0 Å². The Morgan fingerprint density at radius 1 is 1.11 bits per heavy atom. The number of hydrogen-bond donors (Lipinski definition) is 1. The molecule has 0 radical (unpaired) electrons. The average Bonchev–Trinajstić information content (AvgIpc) is 2.64. The highest BCUT2D eigenvalue weighted by Gasteiger charge is 2.28. The third kappa shape index (κ3) is 2.63. The van der Waals surface area contributed by atoms with Crippen molar-refractivity contribution in [1.82, 2.24) is 9.80 Å². The van der Waals surface area contributed by atoms with Crippen molar-refractivity contribution in [3.05, 3.63) is 29.3 Å². The van der Waals surface area contributed by atoms with E-state index in [1.165, 1.54) is 43.5 Å². The lowest BCUT2D eigenvalue weighted by Crippen LogP contribution is -2.34. The highest BCUT2D eigenvalue weighted by molar-refractivity contribution is 5.42. The number of likely N-dealkylation sites (N-methyl/N-ethyl adjacent to an activating group) is 1. The summed E-state index contributed by atoms with van der Waals surface area (Å²) in [6.45, 7) is 4.70. The van der Waals surface area contributed by atoms with Crippen LogP contribution in [0, 0.1) is 0 Å². The second-order valence-electron chi connectivity index (χ2n) is 5.95. The molecule has 1 aromatic rings. The standard InChI is InChI=1S/C16H24N2O/c1-17-9-4-10-18(12-11-17)15-7-2-6-14-13(15)5-3-8-16(14)19/h3,5,8,15,19H,2,4,6-7,9-12H2,1H3. The summed E-state index contributed by atoms with van der Waals surface area (Å²) in [5, 5.41) is 10.0. The molecule has 0 amide bonds. The number of phenols is 1. The van der Waals surface area contributed by atoms with Gasteiger partial charge in [-0.15, -0.1) is 0 Å². The predicted octanol–water partition coefficient (Wildman–Crippen LogP) is 2.41. The van der Waals surface area contributed by atoms with Gasteiger partial charge in [0.15, 0.2) is 0 Å². The van der Waals surface area contributed by atoms with Crippen LogP contribution in [0.3, 0.4) is 0 Å². The summed E-state index contributed by atoms with van der Waals surface area (Å²) in [6.07, 6.45) is 4.72. The summed E-state index contributed by atoms with van der Waals surface area (Å²) < 4.78 is 0. The molecule has 1 unspecified atom stereocenters. The predicted molar refractivity (Wildman–Crippen MR) is 77.5 cm³/mol. The van der Waals surface area contributed by atoms with Gasteiger partial charge in [0.1, 0.15) is 5.75 Å². The van der Waals surface area contributed by atoms with E-state index >= 15 is 0 Å². The van der Waals surface area contributed by atoms with Crippen LogP contribution >= 0.6 is 0 Å².